The largest absolute Gasteiger partial charge is 0.364 e. The second-order valence-electron chi connectivity index (χ2n) is 5.82. The lowest BCUT2D eigenvalue weighted by Crippen LogP contribution is -2.36. The monoisotopic (exact) mass is 236 g/mol. The highest BCUT2D eigenvalue weighted by atomic mass is 16.5. The van der Waals surface area contributed by atoms with Crippen LogP contribution in [0.15, 0.2) is 10.8 Å². The molecular weight excluding hydrogens is 216 g/mol. The van der Waals surface area contributed by atoms with E-state index in [9.17, 15) is 4.79 Å². The molecule has 1 fully saturated rings. The van der Waals surface area contributed by atoms with E-state index >= 15 is 0 Å². The molecule has 1 aromatic rings. The fourth-order valence-corrected chi connectivity index (χ4v) is 2.56. The molecule has 0 N–H and O–H groups in total. The van der Waals surface area contributed by atoms with Gasteiger partial charge in [0.15, 0.2) is 5.69 Å². The Morgan fingerprint density at radius 3 is 2.76 bits per heavy atom. The Morgan fingerprint density at radius 2 is 2.29 bits per heavy atom. The number of nitrogens with zero attached hydrogens (tertiary/aromatic N) is 2. The van der Waals surface area contributed by atoms with Crippen molar-refractivity contribution in [3.8, 4) is 0 Å². The molecule has 1 heterocycles. The highest BCUT2D eigenvalue weighted by Crippen LogP contribution is 2.39. The quantitative estimate of drug-likeness (QED) is 0.793. The average molecular weight is 236 g/mol. The van der Waals surface area contributed by atoms with Crippen LogP contribution in [0.3, 0.4) is 0 Å². The number of carbonyl (C=O) groups excluding carboxylic acids is 1. The van der Waals surface area contributed by atoms with Crippen LogP contribution in [0.25, 0.3) is 0 Å². The molecule has 17 heavy (non-hydrogen) atoms. The highest BCUT2D eigenvalue weighted by Gasteiger charge is 2.35. The number of aryl methyl sites for hydroxylation is 1. The topological polar surface area (TPSA) is 46.3 Å². The minimum atomic E-state index is -0.0287. The van der Waals surface area contributed by atoms with Gasteiger partial charge in [0.25, 0.3) is 5.91 Å². The van der Waals surface area contributed by atoms with Crippen molar-refractivity contribution in [2.45, 2.75) is 46.1 Å². The van der Waals surface area contributed by atoms with Gasteiger partial charge in [0.1, 0.15) is 6.26 Å². The molecule has 1 aromatic heterocycles. The molecule has 4 nitrogen and oxygen atoms in total. The van der Waals surface area contributed by atoms with Gasteiger partial charge in [-0.15, -0.1) is 0 Å². The Balaban J connectivity index is 2.09. The molecule has 1 atom stereocenters. The maximum atomic E-state index is 12.2. The zero-order valence-corrected chi connectivity index (χ0v) is 11.0. The number of carbonyl (C=O) groups is 1. The predicted molar refractivity (Wildman–Crippen MR) is 64.8 cm³/mol. The molecule has 4 heteroatoms. The third-order valence-corrected chi connectivity index (χ3v) is 3.76. The van der Waals surface area contributed by atoms with E-state index in [1.54, 1.807) is 0 Å². The van der Waals surface area contributed by atoms with Gasteiger partial charge in [-0.05, 0) is 31.6 Å². The van der Waals surface area contributed by atoms with Crippen LogP contribution >= 0.6 is 0 Å². The fourth-order valence-electron chi connectivity index (χ4n) is 2.56. The summed E-state index contributed by atoms with van der Waals surface area (Å²) in [6, 6.07) is 0.327. The van der Waals surface area contributed by atoms with E-state index in [1.807, 2.05) is 18.9 Å². The number of hydrogen-bond acceptors (Lipinski definition) is 3. The molecule has 1 aliphatic carbocycles. The van der Waals surface area contributed by atoms with Crippen molar-refractivity contribution in [3.63, 3.8) is 0 Å². The molecule has 94 valence electrons. The van der Waals surface area contributed by atoms with Crippen LogP contribution in [-0.2, 0) is 0 Å². The average Bonchev–Trinajstić information content (AvgIpc) is 2.82. The van der Waals surface area contributed by atoms with Crippen molar-refractivity contribution in [2.75, 3.05) is 7.05 Å². The van der Waals surface area contributed by atoms with Crippen LogP contribution in [0.1, 0.15) is 49.2 Å². The Labute approximate surface area is 102 Å². The van der Waals surface area contributed by atoms with Gasteiger partial charge in [-0.25, -0.2) is 0 Å². The summed E-state index contributed by atoms with van der Waals surface area (Å²) >= 11 is 0. The number of rotatable bonds is 2. The van der Waals surface area contributed by atoms with E-state index in [1.165, 1.54) is 12.7 Å². The normalized spacial score (nSPS) is 22.7. The molecule has 0 saturated heterocycles. The Hall–Kier alpha value is -1.32. The van der Waals surface area contributed by atoms with E-state index in [0.717, 1.165) is 18.4 Å². The molecule has 0 radical (unpaired) electrons. The van der Waals surface area contributed by atoms with Crippen LogP contribution in [-0.4, -0.2) is 29.1 Å². The van der Waals surface area contributed by atoms with Crippen molar-refractivity contribution in [1.29, 1.82) is 0 Å². The van der Waals surface area contributed by atoms with Gasteiger partial charge in [0, 0.05) is 18.7 Å². The Bertz CT molecular complexity index is 423. The van der Waals surface area contributed by atoms with Gasteiger partial charge < -0.3 is 9.42 Å². The molecular formula is C13H20N2O2. The zero-order chi connectivity index (χ0) is 12.6. The van der Waals surface area contributed by atoms with Gasteiger partial charge in [0.05, 0.1) is 0 Å². The first-order chi connectivity index (χ1) is 7.91. The van der Waals surface area contributed by atoms with E-state index < -0.39 is 0 Å². The minimum Gasteiger partial charge on any atom is -0.364 e. The summed E-state index contributed by atoms with van der Waals surface area (Å²) in [6.45, 7) is 6.36. The molecule has 1 amide bonds. The second-order valence-corrected chi connectivity index (χ2v) is 5.82. The third-order valence-electron chi connectivity index (χ3n) is 3.76. The molecule has 1 unspecified atom stereocenters. The molecule has 2 rings (SSSR count). The zero-order valence-electron chi connectivity index (χ0n) is 11.0. The lowest BCUT2D eigenvalue weighted by atomic mass is 9.91. The van der Waals surface area contributed by atoms with Crippen LogP contribution in [0.4, 0.5) is 0 Å². The first kappa shape index (κ1) is 12.1. The van der Waals surface area contributed by atoms with E-state index in [0.29, 0.717) is 17.2 Å². The second kappa shape index (κ2) is 4.17. The minimum absolute atomic E-state index is 0.0287. The predicted octanol–water partition coefficient (Wildman–Crippen LogP) is 2.63. The van der Waals surface area contributed by atoms with Crippen molar-refractivity contribution < 1.29 is 9.32 Å². The van der Waals surface area contributed by atoms with Gasteiger partial charge in [0.2, 0.25) is 0 Å². The first-order valence-corrected chi connectivity index (χ1v) is 6.09. The van der Waals surface area contributed by atoms with Gasteiger partial charge >= 0.3 is 0 Å². The summed E-state index contributed by atoms with van der Waals surface area (Å²) in [7, 11) is 1.86. The number of hydrogen-bond donors (Lipinski definition) is 0. The molecule has 0 bridgehead atoms. The fraction of sp³-hybridized carbons (Fsp3) is 0.692. The summed E-state index contributed by atoms with van der Waals surface area (Å²) in [5.41, 5.74) is 1.59. The van der Waals surface area contributed by atoms with Gasteiger partial charge in [-0.2, -0.15) is 0 Å². The summed E-state index contributed by atoms with van der Waals surface area (Å²) < 4.78 is 4.82. The maximum Gasteiger partial charge on any atom is 0.276 e. The van der Waals surface area contributed by atoms with Crippen molar-refractivity contribution in [2.24, 2.45) is 5.41 Å². The molecule has 0 spiro atoms. The van der Waals surface area contributed by atoms with Crippen LogP contribution in [0.5, 0.6) is 0 Å². The standard InChI is InChI=1S/C13H20N2O2/c1-9-8-17-14-11(9)12(16)15(4)10-5-6-13(2,3)7-10/h8,10H,5-7H2,1-4H3. The van der Waals surface area contributed by atoms with Crippen molar-refractivity contribution >= 4 is 5.91 Å². The lowest BCUT2D eigenvalue weighted by Gasteiger charge is -2.25. The summed E-state index contributed by atoms with van der Waals surface area (Å²) in [5, 5.41) is 3.78. The summed E-state index contributed by atoms with van der Waals surface area (Å²) in [5.74, 6) is -0.0287. The molecule has 1 aliphatic rings. The SMILES string of the molecule is Cc1conc1C(=O)N(C)C1CCC(C)(C)C1. The number of amides is 1. The smallest absolute Gasteiger partial charge is 0.276 e. The van der Waals surface area contributed by atoms with E-state index in [4.69, 9.17) is 4.52 Å². The summed E-state index contributed by atoms with van der Waals surface area (Å²) in [4.78, 5) is 14.0. The van der Waals surface area contributed by atoms with E-state index in [-0.39, 0.29) is 5.91 Å². The van der Waals surface area contributed by atoms with E-state index in [2.05, 4.69) is 19.0 Å². The van der Waals surface area contributed by atoms with Crippen molar-refractivity contribution in [1.82, 2.24) is 10.1 Å². The Kier molecular flexibility index (Phi) is 2.98. The van der Waals surface area contributed by atoms with Crippen molar-refractivity contribution in [3.05, 3.63) is 17.5 Å². The Morgan fingerprint density at radius 1 is 1.59 bits per heavy atom. The van der Waals surface area contributed by atoms with Gasteiger partial charge in [-0.1, -0.05) is 19.0 Å². The lowest BCUT2D eigenvalue weighted by molar-refractivity contribution is 0.0716. The maximum absolute atomic E-state index is 12.2. The first-order valence-electron chi connectivity index (χ1n) is 6.09. The van der Waals surface area contributed by atoms with Crippen LogP contribution in [0.2, 0.25) is 0 Å². The van der Waals surface area contributed by atoms with Crippen LogP contribution in [0, 0.1) is 12.3 Å². The molecule has 1 saturated carbocycles. The summed E-state index contributed by atoms with van der Waals surface area (Å²) in [6.07, 6.45) is 4.82. The molecule has 0 aromatic carbocycles. The third kappa shape index (κ3) is 2.35. The highest BCUT2D eigenvalue weighted by molar-refractivity contribution is 5.93. The number of aromatic nitrogens is 1. The van der Waals surface area contributed by atoms with Gasteiger partial charge in [-0.3, -0.25) is 4.79 Å². The molecule has 0 aliphatic heterocycles. The van der Waals surface area contributed by atoms with Crippen LogP contribution < -0.4 is 0 Å².